The normalized spacial score (nSPS) is 10.2. The molecule has 0 saturated carbocycles. The number of nitrogens with one attached hydrogen (secondary N) is 1. The maximum absolute atomic E-state index is 5.84. The number of rotatable bonds is 5. The zero-order chi connectivity index (χ0) is 15.4. The Bertz CT molecular complexity index is 671. The number of hydrogen-bond donors (Lipinski definition) is 2. The Morgan fingerprint density at radius 1 is 1.33 bits per heavy atom. The Balaban J connectivity index is 2.47. The highest BCUT2D eigenvalue weighted by Crippen LogP contribution is 2.29. The Kier molecular flexibility index (Phi) is 4.75. The molecule has 3 N–H and O–H groups in total. The van der Waals surface area contributed by atoms with E-state index in [1.807, 2.05) is 51.1 Å². The molecule has 110 valence electrons. The summed E-state index contributed by atoms with van der Waals surface area (Å²) in [7, 11) is 0. The minimum atomic E-state index is 0.330. The molecule has 0 fully saturated rings. The molecule has 1 aromatic heterocycles. The summed E-state index contributed by atoms with van der Waals surface area (Å²) >= 11 is 5.15. The van der Waals surface area contributed by atoms with E-state index in [1.54, 1.807) is 0 Å². The zero-order valence-electron chi connectivity index (χ0n) is 12.4. The van der Waals surface area contributed by atoms with Gasteiger partial charge in [0, 0.05) is 5.69 Å². The minimum Gasteiger partial charge on any atom is -0.492 e. The van der Waals surface area contributed by atoms with Crippen molar-refractivity contribution in [1.29, 1.82) is 0 Å². The molecular weight excluding hydrogens is 282 g/mol. The minimum absolute atomic E-state index is 0.330. The SMILES string of the molecule is CCOc1ccccc1Nc1nc(C)cc(C)c1C(N)=S. The fourth-order valence-electron chi connectivity index (χ4n) is 2.22. The van der Waals surface area contributed by atoms with Gasteiger partial charge in [0.25, 0.3) is 0 Å². The summed E-state index contributed by atoms with van der Waals surface area (Å²) in [6.07, 6.45) is 0. The van der Waals surface area contributed by atoms with E-state index in [2.05, 4.69) is 10.3 Å². The Morgan fingerprint density at radius 3 is 2.71 bits per heavy atom. The van der Waals surface area contributed by atoms with Crippen LogP contribution in [0, 0.1) is 13.8 Å². The van der Waals surface area contributed by atoms with Crippen LogP contribution in [0.5, 0.6) is 5.75 Å². The number of anilines is 2. The van der Waals surface area contributed by atoms with Crippen LogP contribution >= 0.6 is 12.2 Å². The van der Waals surface area contributed by atoms with E-state index in [0.29, 0.717) is 17.4 Å². The van der Waals surface area contributed by atoms with Crippen LogP contribution in [0.3, 0.4) is 0 Å². The molecule has 0 bridgehead atoms. The summed E-state index contributed by atoms with van der Waals surface area (Å²) < 4.78 is 5.62. The number of nitrogens with zero attached hydrogens (tertiary/aromatic N) is 1. The lowest BCUT2D eigenvalue weighted by Gasteiger charge is -2.16. The second-order valence-corrected chi connectivity index (χ2v) is 5.16. The molecule has 0 unspecified atom stereocenters. The molecule has 0 saturated heterocycles. The summed E-state index contributed by atoms with van der Waals surface area (Å²) in [5, 5.41) is 3.29. The van der Waals surface area contributed by atoms with Gasteiger partial charge < -0.3 is 15.8 Å². The lowest BCUT2D eigenvalue weighted by atomic mass is 10.1. The molecule has 0 spiro atoms. The van der Waals surface area contributed by atoms with Gasteiger partial charge in [-0.25, -0.2) is 4.98 Å². The van der Waals surface area contributed by atoms with E-state index in [4.69, 9.17) is 22.7 Å². The zero-order valence-corrected chi connectivity index (χ0v) is 13.3. The van der Waals surface area contributed by atoms with E-state index in [1.165, 1.54) is 0 Å². The Labute approximate surface area is 130 Å². The molecule has 1 aromatic carbocycles. The molecule has 4 nitrogen and oxygen atoms in total. The number of para-hydroxylation sites is 2. The Hall–Kier alpha value is -2.14. The molecule has 0 aliphatic carbocycles. The number of pyridine rings is 1. The summed E-state index contributed by atoms with van der Waals surface area (Å²) in [5.41, 5.74) is 9.36. The van der Waals surface area contributed by atoms with Crippen LogP contribution < -0.4 is 15.8 Å². The van der Waals surface area contributed by atoms with Gasteiger partial charge in [-0.3, -0.25) is 0 Å². The van der Waals surface area contributed by atoms with Crippen LogP contribution in [0.4, 0.5) is 11.5 Å². The van der Waals surface area contributed by atoms with Crippen molar-refractivity contribution in [3.63, 3.8) is 0 Å². The highest BCUT2D eigenvalue weighted by molar-refractivity contribution is 7.80. The largest absolute Gasteiger partial charge is 0.492 e. The third-order valence-electron chi connectivity index (χ3n) is 3.03. The first kappa shape index (κ1) is 15.3. The van der Waals surface area contributed by atoms with E-state index in [0.717, 1.165) is 28.3 Å². The third-order valence-corrected chi connectivity index (χ3v) is 3.24. The highest BCUT2D eigenvalue weighted by atomic mass is 32.1. The van der Waals surface area contributed by atoms with Crippen molar-refractivity contribution in [2.45, 2.75) is 20.8 Å². The van der Waals surface area contributed by atoms with Gasteiger partial charge in [0.1, 0.15) is 16.6 Å². The van der Waals surface area contributed by atoms with Crippen LogP contribution in [0.15, 0.2) is 30.3 Å². The van der Waals surface area contributed by atoms with Crippen LogP contribution in [0.1, 0.15) is 23.7 Å². The summed E-state index contributed by atoms with van der Waals surface area (Å²) in [4.78, 5) is 4.85. The van der Waals surface area contributed by atoms with Gasteiger partial charge in [0.2, 0.25) is 0 Å². The lowest BCUT2D eigenvalue weighted by Crippen LogP contribution is -2.15. The van der Waals surface area contributed by atoms with Crippen molar-refractivity contribution < 1.29 is 4.74 Å². The maximum atomic E-state index is 5.84. The predicted molar refractivity (Wildman–Crippen MR) is 90.5 cm³/mol. The average Bonchev–Trinajstić information content (AvgIpc) is 2.40. The quantitative estimate of drug-likeness (QED) is 0.828. The first-order chi connectivity index (χ1) is 10.0. The van der Waals surface area contributed by atoms with Crippen LogP contribution in [-0.2, 0) is 0 Å². The Morgan fingerprint density at radius 2 is 2.05 bits per heavy atom. The molecule has 0 aliphatic rings. The topological polar surface area (TPSA) is 60.2 Å². The number of benzene rings is 1. The van der Waals surface area contributed by atoms with E-state index >= 15 is 0 Å². The maximum Gasteiger partial charge on any atom is 0.142 e. The van der Waals surface area contributed by atoms with Crippen LogP contribution in [0.25, 0.3) is 0 Å². The van der Waals surface area contributed by atoms with E-state index in [9.17, 15) is 0 Å². The molecule has 0 radical (unpaired) electrons. The van der Waals surface area contributed by atoms with Crippen molar-refractivity contribution in [2.24, 2.45) is 5.73 Å². The van der Waals surface area contributed by atoms with Gasteiger partial charge in [0.05, 0.1) is 17.9 Å². The van der Waals surface area contributed by atoms with Gasteiger partial charge in [-0.1, -0.05) is 24.4 Å². The molecule has 5 heteroatoms. The molecule has 0 aliphatic heterocycles. The van der Waals surface area contributed by atoms with Gasteiger partial charge in [-0.05, 0) is 44.5 Å². The molecule has 0 atom stereocenters. The third kappa shape index (κ3) is 3.49. The predicted octanol–water partition coefficient (Wildman–Crippen LogP) is 3.47. The number of hydrogen-bond acceptors (Lipinski definition) is 4. The molecule has 0 amide bonds. The molecule has 2 aromatic rings. The summed E-state index contributed by atoms with van der Waals surface area (Å²) in [6, 6.07) is 9.68. The van der Waals surface area contributed by atoms with Gasteiger partial charge in [0.15, 0.2) is 0 Å². The highest BCUT2D eigenvalue weighted by Gasteiger charge is 2.13. The molecule has 21 heavy (non-hydrogen) atoms. The smallest absolute Gasteiger partial charge is 0.142 e. The van der Waals surface area contributed by atoms with E-state index in [-0.39, 0.29) is 0 Å². The van der Waals surface area contributed by atoms with Crippen LogP contribution in [0.2, 0.25) is 0 Å². The lowest BCUT2D eigenvalue weighted by molar-refractivity contribution is 0.342. The van der Waals surface area contributed by atoms with Crippen molar-refractivity contribution in [3.05, 3.63) is 47.2 Å². The van der Waals surface area contributed by atoms with Crippen molar-refractivity contribution in [3.8, 4) is 5.75 Å². The summed E-state index contributed by atoms with van der Waals surface area (Å²) in [6.45, 7) is 6.46. The van der Waals surface area contributed by atoms with Crippen molar-refractivity contribution >= 4 is 28.7 Å². The fraction of sp³-hybridized carbons (Fsp3) is 0.250. The second-order valence-electron chi connectivity index (χ2n) is 4.72. The molecule has 1 heterocycles. The first-order valence-electron chi connectivity index (χ1n) is 6.79. The van der Waals surface area contributed by atoms with Crippen molar-refractivity contribution in [1.82, 2.24) is 4.98 Å². The number of thiocarbonyl (C=S) groups is 1. The van der Waals surface area contributed by atoms with Gasteiger partial charge in [-0.15, -0.1) is 0 Å². The molecule has 2 rings (SSSR count). The molecular formula is C16H19N3OS. The number of nitrogens with two attached hydrogens (primary N) is 1. The number of aryl methyl sites for hydroxylation is 2. The first-order valence-corrected chi connectivity index (χ1v) is 7.20. The van der Waals surface area contributed by atoms with E-state index < -0.39 is 0 Å². The average molecular weight is 301 g/mol. The van der Waals surface area contributed by atoms with Crippen LogP contribution in [-0.4, -0.2) is 16.6 Å². The second kappa shape index (κ2) is 6.54. The fourth-order valence-corrected chi connectivity index (χ4v) is 2.47. The number of aromatic nitrogens is 1. The van der Waals surface area contributed by atoms with Gasteiger partial charge >= 0.3 is 0 Å². The van der Waals surface area contributed by atoms with Gasteiger partial charge in [-0.2, -0.15) is 0 Å². The standard InChI is InChI=1S/C16H19N3OS/c1-4-20-13-8-6-5-7-12(13)19-16-14(15(17)21)10(2)9-11(3)18-16/h5-9H,4H2,1-3H3,(H2,17,21)(H,18,19). The summed E-state index contributed by atoms with van der Waals surface area (Å²) in [5.74, 6) is 1.43. The van der Waals surface area contributed by atoms with Crippen molar-refractivity contribution in [2.75, 3.05) is 11.9 Å². The number of ether oxygens (including phenoxy) is 1. The monoisotopic (exact) mass is 301 g/mol.